The first-order valence-electron chi connectivity index (χ1n) is 9.24. The van der Waals surface area contributed by atoms with Crippen LogP contribution < -0.4 is 0 Å². The van der Waals surface area contributed by atoms with Crippen molar-refractivity contribution < 1.29 is 19.1 Å². The molecule has 1 aromatic heterocycles. The van der Waals surface area contributed by atoms with Crippen molar-refractivity contribution in [2.24, 2.45) is 16.0 Å². The first kappa shape index (κ1) is 19.8. The van der Waals surface area contributed by atoms with Crippen molar-refractivity contribution in [3.8, 4) is 11.3 Å². The van der Waals surface area contributed by atoms with Crippen LogP contribution in [0.5, 0.6) is 0 Å². The second-order valence-electron chi connectivity index (χ2n) is 7.20. The lowest BCUT2D eigenvalue weighted by Gasteiger charge is -2.19. The van der Waals surface area contributed by atoms with Crippen LogP contribution in [0.4, 0.5) is 0 Å². The van der Waals surface area contributed by atoms with E-state index in [1.165, 1.54) is 35.0 Å². The number of benzene rings is 1. The minimum Gasteiger partial charge on any atom is -0.478 e. The fraction of sp³-hybridized carbons (Fsp3) is 0.190. The minimum absolute atomic E-state index is 0.0417. The summed E-state index contributed by atoms with van der Waals surface area (Å²) < 4.78 is 5.77. The van der Waals surface area contributed by atoms with Gasteiger partial charge in [-0.2, -0.15) is 15.1 Å². The molecule has 0 saturated heterocycles. The van der Waals surface area contributed by atoms with Gasteiger partial charge in [-0.25, -0.2) is 4.79 Å². The van der Waals surface area contributed by atoms with E-state index in [1.807, 2.05) is 0 Å². The number of hydrogen-bond donors (Lipinski definition) is 2. The normalized spacial score (nSPS) is 17.4. The third-order valence-electron chi connectivity index (χ3n) is 4.41. The summed E-state index contributed by atoms with van der Waals surface area (Å²) in [4.78, 5) is 27.5. The van der Waals surface area contributed by atoms with Gasteiger partial charge in [-0.05, 0) is 48.0 Å². The van der Waals surface area contributed by atoms with Crippen LogP contribution in [0.2, 0.25) is 0 Å². The highest BCUT2D eigenvalue weighted by Gasteiger charge is 2.35. The Labute approximate surface area is 176 Å². The van der Waals surface area contributed by atoms with E-state index in [2.05, 4.69) is 23.9 Å². The van der Waals surface area contributed by atoms with Crippen molar-refractivity contribution in [2.75, 3.05) is 0 Å². The van der Waals surface area contributed by atoms with Crippen LogP contribution in [0.15, 0.2) is 56.5 Å². The number of carbonyl (C=O) groups excluding carboxylic acids is 1. The van der Waals surface area contributed by atoms with Crippen LogP contribution in [0.25, 0.3) is 17.4 Å². The van der Waals surface area contributed by atoms with Crippen LogP contribution in [0, 0.1) is 11.3 Å². The van der Waals surface area contributed by atoms with E-state index in [-0.39, 0.29) is 17.0 Å². The largest absolute Gasteiger partial charge is 0.478 e. The Morgan fingerprint density at radius 1 is 1.27 bits per heavy atom. The Morgan fingerprint density at radius 3 is 2.67 bits per heavy atom. The number of rotatable bonds is 5. The van der Waals surface area contributed by atoms with Crippen molar-refractivity contribution in [3.63, 3.8) is 0 Å². The molecule has 30 heavy (non-hydrogen) atoms. The minimum atomic E-state index is -1.00. The van der Waals surface area contributed by atoms with Crippen molar-refractivity contribution in [1.82, 2.24) is 5.01 Å². The second kappa shape index (κ2) is 7.75. The molecule has 0 saturated carbocycles. The number of amides is 1. The second-order valence-corrected chi connectivity index (χ2v) is 8.24. The molecule has 2 aromatic rings. The number of carboxylic acids is 1. The Morgan fingerprint density at radius 2 is 2.00 bits per heavy atom. The highest BCUT2D eigenvalue weighted by molar-refractivity contribution is 8.26. The Balaban J connectivity index is 1.58. The summed E-state index contributed by atoms with van der Waals surface area (Å²) >= 11 is 1.32. The van der Waals surface area contributed by atoms with Crippen LogP contribution in [0.1, 0.15) is 36.4 Å². The SMILES string of the molecule is CC(C)CC1=NN2C(=N)C(=Cc3ccc(-c4ccc(C(=O)O)cc4)o3)C(=O)N=C2S1. The summed E-state index contributed by atoms with van der Waals surface area (Å²) in [5.74, 6) is -0.239. The van der Waals surface area contributed by atoms with Crippen LogP contribution in [-0.4, -0.2) is 38.0 Å². The van der Waals surface area contributed by atoms with Gasteiger partial charge in [0.05, 0.1) is 11.1 Å². The number of aromatic carboxylic acids is 1. The van der Waals surface area contributed by atoms with Crippen molar-refractivity contribution in [1.29, 1.82) is 5.41 Å². The van der Waals surface area contributed by atoms with Gasteiger partial charge in [0.25, 0.3) is 5.91 Å². The molecule has 0 fully saturated rings. The molecule has 1 amide bonds. The first-order valence-corrected chi connectivity index (χ1v) is 10.1. The van der Waals surface area contributed by atoms with Crippen molar-refractivity contribution in [3.05, 3.63) is 53.3 Å². The van der Waals surface area contributed by atoms with E-state index in [0.29, 0.717) is 28.2 Å². The standard InChI is InChI=1S/C21H18N4O4S/c1-11(2)9-17-24-25-18(22)15(19(26)23-21(25)30-17)10-14-7-8-16(29-14)12-3-5-13(6-4-12)20(27)28/h3-8,10-11,22H,9H2,1-2H3,(H,27,28). The lowest BCUT2D eigenvalue weighted by Crippen LogP contribution is -2.35. The lowest BCUT2D eigenvalue weighted by molar-refractivity contribution is -0.114. The maximum absolute atomic E-state index is 12.5. The molecule has 152 valence electrons. The van der Waals surface area contributed by atoms with E-state index in [1.54, 1.807) is 24.3 Å². The summed E-state index contributed by atoms with van der Waals surface area (Å²) in [5.41, 5.74) is 0.980. The first-order chi connectivity index (χ1) is 14.3. The van der Waals surface area contributed by atoms with Crippen LogP contribution >= 0.6 is 11.8 Å². The highest BCUT2D eigenvalue weighted by atomic mass is 32.2. The number of hydrogen-bond acceptors (Lipinski definition) is 6. The Hall–Kier alpha value is -3.46. The van der Waals surface area contributed by atoms with Crippen molar-refractivity contribution in [2.45, 2.75) is 20.3 Å². The Kier molecular flexibility index (Phi) is 5.13. The smallest absolute Gasteiger partial charge is 0.335 e. The number of hydrazone groups is 1. The average molecular weight is 422 g/mol. The molecule has 0 atom stereocenters. The van der Waals surface area contributed by atoms with E-state index >= 15 is 0 Å². The molecule has 8 nitrogen and oxygen atoms in total. The molecule has 9 heteroatoms. The zero-order valence-electron chi connectivity index (χ0n) is 16.2. The molecule has 0 unspecified atom stereocenters. The predicted molar refractivity (Wildman–Crippen MR) is 116 cm³/mol. The third kappa shape index (κ3) is 3.84. The van der Waals surface area contributed by atoms with E-state index < -0.39 is 11.9 Å². The van der Waals surface area contributed by atoms with Crippen LogP contribution in [-0.2, 0) is 4.79 Å². The maximum Gasteiger partial charge on any atom is 0.335 e. The van der Waals surface area contributed by atoms with Gasteiger partial charge in [0.2, 0.25) is 5.17 Å². The molecular formula is C21H18N4O4S. The quantitative estimate of drug-likeness (QED) is 0.693. The molecule has 3 heterocycles. The summed E-state index contributed by atoms with van der Waals surface area (Å²) in [5, 5.41) is 24.4. The van der Waals surface area contributed by atoms with Crippen molar-refractivity contribution >= 4 is 45.8 Å². The average Bonchev–Trinajstić information content (AvgIpc) is 3.31. The lowest BCUT2D eigenvalue weighted by atomic mass is 10.1. The molecule has 2 N–H and O–H groups in total. The fourth-order valence-electron chi connectivity index (χ4n) is 2.97. The third-order valence-corrected chi connectivity index (χ3v) is 5.34. The zero-order valence-corrected chi connectivity index (χ0v) is 17.1. The van der Waals surface area contributed by atoms with Gasteiger partial charge in [0.1, 0.15) is 16.6 Å². The number of nitrogens with zero attached hydrogens (tertiary/aromatic N) is 3. The maximum atomic E-state index is 12.5. The number of nitrogens with one attached hydrogen (secondary N) is 1. The number of furan rings is 1. The van der Waals surface area contributed by atoms with Gasteiger partial charge in [-0.3, -0.25) is 10.2 Å². The summed E-state index contributed by atoms with van der Waals surface area (Å²) in [6.45, 7) is 4.15. The number of aliphatic imine (C=N–C) groups is 1. The van der Waals surface area contributed by atoms with Gasteiger partial charge in [-0.15, -0.1) is 0 Å². The number of carbonyl (C=O) groups is 2. The molecule has 1 aromatic carbocycles. The molecular weight excluding hydrogens is 404 g/mol. The topological polar surface area (TPSA) is 119 Å². The van der Waals surface area contributed by atoms with Gasteiger partial charge in [0.15, 0.2) is 5.84 Å². The molecule has 0 radical (unpaired) electrons. The predicted octanol–water partition coefficient (Wildman–Crippen LogP) is 4.31. The summed E-state index contributed by atoms with van der Waals surface area (Å²) in [6, 6.07) is 9.68. The Bertz CT molecular complexity index is 1140. The number of thioether (sulfide) groups is 1. The highest BCUT2D eigenvalue weighted by Crippen LogP contribution is 2.31. The van der Waals surface area contributed by atoms with E-state index in [0.717, 1.165) is 11.5 Å². The number of amidine groups is 2. The molecule has 0 aliphatic carbocycles. The van der Waals surface area contributed by atoms with Gasteiger partial charge in [-0.1, -0.05) is 26.0 Å². The van der Waals surface area contributed by atoms with E-state index in [9.17, 15) is 9.59 Å². The molecule has 2 aliphatic rings. The number of carboxylic acid groups (broad SMARTS) is 1. The molecule has 4 rings (SSSR count). The summed E-state index contributed by atoms with van der Waals surface area (Å²) in [7, 11) is 0. The number of fused-ring (bicyclic) bond motifs is 1. The zero-order chi connectivity index (χ0) is 21.4. The van der Waals surface area contributed by atoms with Gasteiger partial charge in [0, 0.05) is 12.0 Å². The van der Waals surface area contributed by atoms with E-state index in [4.69, 9.17) is 14.9 Å². The molecule has 0 bridgehead atoms. The van der Waals surface area contributed by atoms with Crippen LogP contribution in [0.3, 0.4) is 0 Å². The summed E-state index contributed by atoms with van der Waals surface area (Å²) in [6.07, 6.45) is 2.23. The van der Waals surface area contributed by atoms with Gasteiger partial charge >= 0.3 is 5.97 Å². The molecule has 0 spiro atoms. The monoisotopic (exact) mass is 422 g/mol. The fourth-order valence-corrected chi connectivity index (χ4v) is 4.07. The van der Waals surface area contributed by atoms with Gasteiger partial charge < -0.3 is 9.52 Å². The molecule has 2 aliphatic heterocycles.